The van der Waals surface area contributed by atoms with Gasteiger partial charge in [0, 0.05) is 38.2 Å². The Morgan fingerprint density at radius 2 is 1.64 bits per heavy atom. The summed E-state index contributed by atoms with van der Waals surface area (Å²) in [5.41, 5.74) is 0. The van der Waals surface area contributed by atoms with Crippen LogP contribution in [0.3, 0.4) is 0 Å². The number of carbonyl (C=O) groups excluding carboxylic acids is 4. The van der Waals surface area contributed by atoms with Gasteiger partial charge in [-0.05, 0) is 26.4 Å². The van der Waals surface area contributed by atoms with Gasteiger partial charge in [0.2, 0.25) is 11.8 Å². The molecule has 0 aliphatic carbocycles. The molecule has 2 N–H and O–H groups in total. The summed E-state index contributed by atoms with van der Waals surface area (Å²) >= 11 is 0. The molecule has 1 heterocycles. The maximum absolute atomic E-state index is 12.2. The van der Waals surface area contributed by atoms with E-state index >= 15 is 0 Å². The molecular weight excluding hydrogens is 324 g/mol. The van der Waals surface area contributed by atoms with Gasteiger partial charge in [-0.15, -0.1) is 0 Å². The van der Waals surface area contributed by atoms with E-state index in [9.17, 15) is 19.2 Å². The van der Waals surface area contributed by atoms with Crippen LogP contribution < -0.4 is 10.6 Å². The molecule has 25 heavy (non-hydrogen) atoms. The van der Waals surface area contributed by atoms with E-state index in [1.165, 1.54) is 12.2 Å². The largest absolute Gasteiger partial charge is 0.354 e. The Morgan fingerprint density at radius 1 is 1.08 bits per heavy atom. The first-order chi connectivity index (χ1) is 11.7. The van der Waals surface area contributed by atoms with Crippen LogP contribution in [-0.2, 0) is 19.2 Å². The smallest absolute Gasteiger partial charge is 0.253 e. The molecule has 0 radical (unpaired) electrons. The summed E-state index contributed by atoms with van der Waals surface area (Å²) in [6.45, 7) is 4.81. The number of imide groups is 1. The van der Waals surface area contributed by atoms with Gasteiger partial charge in [-0.2, -0.15) is 0 Å². The maximum atomic E-state index is 12.2. The second-order valence-corrected chi connectivity index (χ2v) is 6.66. The molecule has 0 saturated carbocycles. The molecular formula is C17H28N4O4. The molecule has 140 valence electrons. The predicted molar refractivity (Wildman–Crippen MR) is 93.4 cm³/mol. The van der Waals surface area contributed by atoms with E-state index in [0.29, 0.717) is 19.0 Å². The Bertz CT molecular complexity index is 525. The van der Waals surface area contributed by atoms with Gasteiger partial charge in [0.25, 0.3) is 11.8 Å². The lowest BCUT2D eigenvalue weighted by Crippen LogP contribution is -2.46. The zero-order chi connectivity index (χ0) is 19.0. The van der Waals surface area contributed by atoms with Gasteiger partial charge < -0.3 is 10.6 Å². The first kappa shape index (κ1) is 20.8. The molecule has 4 amide bonds. The minimum absolute atomic E-state index is 0.0424. The molecule has 1 aliphatic heterocycles. The number of hydrogen-bond donors (Lipinski definition) is 2. The number of likely N-dealkylation sites (N-methyl/N-ethyl adjacent to an activating group) is 1. The van der Waals surface area contributed by atoms with Crippen molar-refractivity contribution in [3.63, 3.8) is 0 Å². The highest BCUT2D eigenvalue weighted by Gasteiger charge is 2.24. The van der Waals surface area contributed by atoms with Crippen LogP contribution in [0.2, 0.25) is 0 Å². The topological polar surface area (TPSA) is 98.8 Å². The highest BCUT2D eigenvalue weighted by atomic mass is 16.2. The molecule has 1 unspecified atom stereocenters. The lowest BCUT2D eigenvalue weighted by atomic mass is 10.0. The fourth-order valence-corrected chi connectivity index (χ4v) is 2.46. The summed E-state index contributed by atoms with van der Waals surface area (Å²) in [4.78, 5) is 49.6. The Hall–Kier alpha value is -2.22. The molecule has 1 rings (SSSR count). The number of carbonyl (C=O) groups is 4. The molecule has 1 atom stereocenters. The van der Waals surface area contributed by atoms with Gasteiger partial charge in [-0.1, -0.05) is 13.8 Å². The molecule has 0 saturated heterocycles. The van der Waals surface area contributed by atoms with Crippen LogP contribution in [0.5, 0.6) is 0 Å². The number of hydrogen-bond acceptors (Lipinski definition) is 5. The molecule has 0 aromatic heterocycles. The van der Waals surface area contributed by atoms with Gasteiger partial charge >= 0.3 is 0 Å². The molecule has 0 spiro atoms. The molecule has 0 bridgehead atoms. The predicted octanol–water partition coefficient (Wildman–Crippen LogP) is -0.490. The molecule has 0 aromatic carbocycles. The Kier molecular flexibility index (Phi) is 8.27. The summed E-state index contributed by atoms with van der Waals surface area (Å²) in [5.74, 6) is -0.724. The fraction of sp³-hybridized carbons (Fsp3) is 0.647. The van der Waals surface area contributed by atoms with Crippen LogP contribution in [0.4, 0.5) is 0 Å². The van der Waals surface area contributed by atoms with Crippen molar-refractivity contribution in [2.75, 3.05) is 33.7 Å². The van der Waals surface area contributed by atoms with E-state index in [-0.39, 0.29) is 30.8 Å². The van der Waals surface area contributed by atoms with Crippen LogP contribution >= 0.6 is 0 Å². The minimum Gasteiger partial charge on any atom is -0.354 e. The van der Waals surface area contributed by atoms with E-state index < -0.39 is 11.8 Å². The quantitative estimate of drug-likeness (QED) is 0.408. The van der Waals surface area contributed by atoms with Crippen LogP contribution in [0.1, 0.15) is 26.7 Å². The molecule has 0 aromatic rings. The van der Waals surface area contributed by atoms with Gasteiger partial charge in [0.15, 0.2) is 0 Å². The van der Waals surface area contributed by atoms with Gasteiger partial charge in [-0.25, -0.2) is 0 Å². The third-order valence-electron chi connectivity index (χ3n) is 3.83. The summed E-state index contributed by atoms with van der Waals surface area (Å²) in [6, 6.07) is -0.199. The lowest BCUT2D eigenvalue weighted by Gasteiger charge is -2.25. The summed E-state index contributed by atoms with van der Waals surface area (Å²) in [7, 11) is 3.73. The van der Waals surface area contributed by atoms with E-state index in [1.807, 2.05) is 19.0 Å². The second kappa shape index (κ2) is 9.93. The number of nitrogens with one attached hydrogen (secondary N) is 2. The van der Waals surface area contributed by atoms with Crippen molar-refractivity contribution in [1.29, 1.82) is 0 Å². The first-order valence-electron chi connectivity index (χ1n) is 8.46. The maximum Gasteiger partial charge on any atom is 0.253 e. The Labute approximate surface area is 148 Å². The van der Waals surface area contributed by atoms with Crippen molar-refractivity contribution in [3.05, 3.63) is 12.2 Å². The number of rotatable bonds is 10. The number of nitrogens with zero attached hydrogens (tertiary/aromatic N) is 2. The highest BCUT2D eigenvalue weighted by Crippen LogP contribution is 2.09. The van der Waals surface area contributed by atoms with Gasteiger partial charge in [-0.3, -0.25) is 29.0 Å². The zero-order valence-electron chi connectivity index (χ0n) is 15.4. The first-order valence-corrected chi connectivity index (χ1v) is 8.46. The number of amides is 4. The van der Waals surface area contributed by atoms with E-state index in [1.54, 1.807) is 0 Å². The summed E-state index contributed by atoms with van der Waals surface area (Å²) < 4.78 is 0. The third kappa shape index (κ3) is 7.04. The average Bonchev–Trinajstić information content (AvgIpc) is 2.85. The van der Waals surface area contributed by atoms with Crippen molar-refractivity contribution in [3.8, 4) is 0 Å². The van der Waals surface area contributed by atoms with Crippen molar-refractivity contribution >= 4 is 23.6 Å². The Balaban J connectivity index is 2.23. The van der Waals surface area contributed by atoms with E-state index in [2.05, 4.69) is 24.5 Å². The minimum atomic E-state index is -0.398. The van der Waals surface area contributed by atoms with Gasteiger partial charge in [0.05, 0.1) is 6.04 Å². The van der Waals surface area contributed by atoms with Crippen LogP contribution in [0.15, 0.2) is 12.2 Å². The standard InChI is InChI=1S/C17H28N4O4/c1-12(2)11-13(20(3)4)17(25)19-9-8-18-14(22)7-10-21-15(23)5-6-16(21)24/h5-6,12-13H,7-11H2,1-4H3,(H,18,22)(H,19,25). The molecule has 0 fully saturated rings. The SMILES string of the molecule is CC(C)CC(C(=O)NCCNC(=O)CCN1C(=O)C=CC1=O)N(C)C. The molecule has 8 heteroatoms. The van der Waals surface area contributed by atoms with Crippen molar-refractivity contribution < 1.29 is 19.2 Å². The third-order valence-corrected chi connectivity index (χ3v) is 3.83. The molecule has 1 aliphatic rings. The summed E-state index contributed by atoms with van der Waals surface area (Å²) in [6.07, 6.45) is 3.18. The van der Waals surface area contributed by atoms with Crippen molar-refractivity contribution in [2.45, 2.75) is 32.7 Å². The second-order valence-electron chi connectivity index (χ2n) is 6.66. The fourth-order valence-electron chi connectivity index (χ4n) is 2.46. The van der Waals surface area contributed by atoms with E-state index in [4.69, 9.17) is 0 Å². The average molecular weight is 352 g/mol. The van der Waals surface area contributed by atoms with Crippen LogP contribution in [-0.4, -0.2) is 73.2 Å². The van der Waals surface area contributed by atoms with Crippen LogP contribution in [0, 0.1) is 5.92 Å². The lowest BCUT2D eigenvalue weighted by molar-refractivity contribution is -0.137. The normalized spacial score (nSPS) is 15.2. The van der Waals surface area contributed by atoms with Gasteiger partial charge in [0.1, 0.15) is 0 Å². The zero-order valence-corrected chi connectivity index (χ0v) is 15.4. The van der Waals surface area contributed by atoms with Crippen molar-refractivity contribution in [2.24, 2.45) is 5.92 Å². The Morgan fingerprint density at radius 3 is 2.16 bits per heavy atom. The van der Waals surface area contributed by atoms with Crippen molar-refractivity contribution in [1.82, 2.24) is 20.4 Å². The molecule has 8 nitrogen and oxygen atoms in total. The van der Waals surface area contributed by atoms with Crippen LogP contribution in [0.25, 0.3) is 0 Å². The summed E-state index contributed by atoms with van der Waals surface area (Å²) in [5, 5.41) is 5.48. The monoisotopic (exact) mass is 352 g/mol. The highest BCUT2D eigenvalue weighted by molar-refractivity contribution is 6.13. The van der Waals surface area contributed by atoms with E-state index in [0.717, 1.165) is 11.3 Å².